The minimum atomic E-state index is -2.84. The Morgan fingerprint density at radius 3 is 2.65 bits per heavy atom. The molecule has 0 fully saturated rings. The van der Waals surface area contributed by atoms with Crippen molar-refractivity contribution < 1.29 is 18.0 Å². The van der Waals surface area contributed by atoms with E-state index in [2.05, 4.69) is 15.2 Å². The Hall–Kier alpha value is -3.16. The number of fused-ring (bicyclic) bond motifs is 1. The lowest BCUT2D eigenvalue weighted by Crippen LogP contribution is -2.27. The molecule has 3 heterocycles. The zero-order valence-electron chi connectivity index (χ0n) is 13.8. The second-order valence-electron chi connectivity index (χ2n) is 5.98. The van der Waals surface area contributed by atoms with Crippen LogP contribution in [0.2, 0.25) is 0 Å². The fourth-order valence-electron chi connectivity index (χ4n) is 2.97. The van der Waals surface area contributed by atoms with Crippen LogP contribution in [0.25, 0.3) is 11.5 Å². The molecule has 0 N–H and O–H groups in total. The number of alkyl halides is 2. The number of aromatic nitrogens is 3. The third-order valence-corrected chi connectivity index (χ3v) is 4.41. The van der Waals surface area contributed by atoms with Gasteiger partial charge in [0.25, 0.3) is 11.8 Å². The first-order valence-corrected chi connectivity index (χ1v) is 8.01. The Morgan fingerprint density at radius 1 is 1.19 bits per heavy atom. The summed E-state index contributed by atoms with van der Waals surface area (Å²) in [7, 11) is 0. The molecule has 0 bridgehead atoms. The molecule has 3 aromatic rings. The molecular formula is C18H14F2N4O2. The number of benzene rings is 1. The Labute approximate surface area is 147 Å². The highest BCUT2D eigenvalue weighted by Gasteiger charge is 2.33. The van der Waals surface area contributed by atoms with Crippen molar-refractivity contribution in [2.24, 2.45) is 0 Å². The number of carbonyl (C=O) groups is 1. The van der Waals surface area contributed by atoms with Crippen LogP contribution in [0, 0.1) is 0 Å². The number of carbonyl (C=O) groups excluding carboxylic acids is 1. The second kappa shape index (κ2) is 6.29. The van der Waals surface area contributed by atoms with Crippen molar-refractivity contribution in [1.29, 1.82) is 0 Å². The summed E-state index contributed by atoms with van der Waals surface area (Å²) in [5.74, 6) is -1.01. The average Bonchev–Trinajstić information content (AvgIpc) is 3.27. The number of amides is 1. The molecule has 132 valence electrons. The van der Waals surface area contributed by atoms with Gasteiger partial charge >= 0.3 is 6.43 Å². The van der Waals surface area contributed by atoms with Gasteiger partial charge in [0.05, 0.1) is 29.4 Å². The zero-order chi connectivity index (χ0) is 18.3. The molecule has 0 saturated heterocycles. The maximum atomic E-state index is 12.8. The van der Waals surface area contributed by atoms with Gasteiger partial charge in [0.15, 0.2) is 0 Å². The van der Waals surface area contributed by atoms with E-state index in [-0.39, 0.29) is 17.8 Å². The van der Waals surface area contributed by atoms with Crippen LogP contribution in [0.1, 0.15) is 46.9 Å². The first-order chi connectivity index (χ1) is 12.5. The van der Waals surface area contributed by atoms with Crippen LogP contribution >= 0.6 is 0 Å². The highest BCUT2D eigenvalue weighted by molar-refractivity contribution is 5.98. The summed E-state index contributed by atoms with van der Waals surface area (Å²) in [5, 5.41) is 6.90. The van der Waals surface area contributed by atoms with Crippen molar-refractivity contribution in [3.05, 3.63) is 65.3 Å². The van der Waals surface area contributed by atoms with Crippen molar-refractivity contribution in [3.8, 4) is 11.5 Å². The molecule has 4 rings (SSSR count). The Bertz CT molecular complexity index is 959. The van der Waals surface area contributed by atoms with E-state index in [1.807, 2.05) is 37.3 Å². The zero-order valence-corrected chi connectivity index (χ0v) is 13.8. The molecule has 6 nitrogen and oxygen atoms in total. The SMILES string of the molecule is C[C@@H](c1ccccc1)N1Cc2ncc(-c3nnc(C(F)F)o3)cc2C1=O. The predicted molar refractivity (Wildman–Crippen MR) is 87.2 cm³/mol. The van der Waals surface area contributed by atoms with Gasteiger partial charge in [-0.15, -0.1) is 10.2 Å². The lowest BCUT2D eigenvalue weighted by molar-refractivity contribution is 0.0715. The monoisotopic (exact) mass is 356 g/mol. The fraction of sp³-hybridized carbons (Fsp3) is 0.222. The Kier molecular flexibility index (Phi) is 3.95. The smallest absolute Gasteiger partial charge is 0.314 e. The maximum Gasteiger partial charge on any atom is 0.314 e. The van der Waals surface area contributed by atoms with E-state index < -0.39 is 12.3 Å². The highest BCUT2D eigenvalue weighted by atomic mass is 19.3. The van der Waals surface area contributed by atoms with Crippen molar-refractivity contribution in [3.63, 3.8) is 0 Å². The molecule has 0 spiro atoms. The Morgan fingerprint density at radius 2 is 1.96 bits per heavy atom. The van der Waals surface area contributed by atoms with Crippen molar-refractivity contribution in [2.75, 3.05) is 0 Å². The standard InChI is InChI=1S/C18H14F2N4O2/c1-10(11-5-3-2-4-6-11)24-9-14-13(18(24)25)7-12(8-21-14)16-22-23-17(26-16)15(19)20/h2-8,10,15H,9H2,1H3/t10-/m0/s1. The normalized spacial score (nSPS) is 14.8. The molecule has 1 aliphatic heterocycles. The summed E-state index contributed by atoms with van der Waals surface area (Å²) in [6.07, 6.45) is -1.39. The average molecular weight is 356 g/mol. The minimum Gasteiger partial charge on any atom is -0.415 e. The third-order valence-electron chi connectivity index (χ3n) is 4.41. The van der Waals surface area contributed by atoms with Gasteiger partial charge in [-0.05, 0) is 18.6 Å². The largest absolute Gasteiger partial charge is 0.415 e. The first kappa shape index (κ1) is 16.3. The van der Waals surface area contributed by atoms with Crippen LogP contribution in [-0.4, -0.2) is 26.0 Å². The molecule has 0 aliphatic carbocycles. The van der Waals surface area contributed by atoms with Gasteiger partial charge in [-0.25, -0.2) is 0 Å². The summed E-state index contributed by atoms with van der Waals surface area (Å²) in [6, 6.07) is 11.1. The number of rotatable bonds is 4. The molecule has 0 radical (unpaired) electrons. The van der Waals surface area contributed by atoms with Gasteiger partial charge in [-0.3, -0.25) is 9.78 Å². The molecule has 1 amide bonds. The second-order valence-corrected chi connectivity index (χ2v) is 5.98. The topological polar surface area (TPSA) is 72.1 Å². The van der Waals surface area contributed by atoms with E-state index in [0.29, 0.717) is 23.4 Å². The van der Waals surface area contributed by atoms with Gasteiger partial charge in [-0.2, -0.15) is 8.78 Å². The van der Waals surface area contributed by atoms with Crippen LogP contribution in [-0.2, 0) is 6.54 Å². The summed E-state index contributed by atoms with van der Waals surface area (Å²) < 4.78 is 30.1. The van der Waals surface area contributed by atoms with Crippen LogP contribution in [0.5, 0.6) is 0 Å². The summed E-state index contributed by atoms with van der Waals surface area (Å²) in [4.78, 5) is 18.8. The quantitative estimate of drug-likeness (QED) is 0.711. The van der Waals surface area contributed by atoms with Crippen LogP contribution < -0.4 is 0 Å². The minimum absolute atomic E-state index is 0.0852. The lowest BCUT2D eigenvalue weighted by Gasteiger charge is -2.24. The molecule has 8 heteroatoms. The highest BCUT2D eigenvalue weighted by Crippen LogP contribution is 2.32. The number of hydrogen-bond acceptors (Lipinski definition) is 5. The molecule has 1 aliphatic rings. The molecule has 1 atom stereocenters. The van der Waals surface area contributed by atoms with E-state index in [1.54, 1.807) is 11.0 Å². The molecule has 0 unspecified atom stereocenters. The third kappa shape index (κ3) is 2.73. The van der Waals surface area contributed by atoms with Crippen molar-refractivity contribution >= 4 is 5.91 Å². The molecular weight excluding hydrogens is 342 g/mol. The van der Waals surface area contributed by atoms with Crippen LogP contribution in [0.15, 0.2) is 47.0 Å². The van der Waals surface area contributed by atoms with E-state index in [1.165, 1.54) is 6.20 Å². The number of hydrogen-bond donors (Lipinski definition) is 0. The lowest BCUT2D eigenvalue weighted by atomic mass is 10.1. The van der Waals surface area contributed by atoms with Gasteiger partial charge in [-0.1, -0.05) is 30.3 Å². The van der Waals surface area contributed by atoms with Crippen LogP contribution in [0.4, 0.5) is 8.78 Å². The summed E-state index contributed by atoms with van der Waals surface area (Å²) in [5.41, 5.74) is 2.41. The fourth-order valence-corrected chi connectivity index (χ4v) is 2.97. The Balaban J connectivity index is 1.63. The maximum absolute atomic E-state index is 12.8. The van der Waals surface area contributed by atoms with E-state index in [4.69, 9.17) is 4.42 Å². The molecule has 1 aromatic carbocycles. The number of pyridine rings is 1. The van der Waals surface area contributed by atoms with E-state index in [0.717, 1.165) is 5.56 Å². The van der Waals surface area contributed by atoms with Gasteiger partial charge < -0.3 is 9.32 Å². The van der Waals surface area contributed by atoms with E-state index in [9.17, 15) is 13.6 Å². The number of nitrogens with zero attached hydrogens (tertiary/aromatic N) is 4. The number of halogens is 2. The van der Waals surface area contributed by atoms with Crippen molar-refractivity contribution in [2.45, 2.75) is 25.9 Å². The predicted octanol–water partition coefficient (Wildman–Crippen LogP) is 3.79. The van der Waals surface area contributed by atoms with Gasteiger partial charge in [0.1, 0.15) is 0 Å². The summed E-state index contributed by atoms with van der Waals surface area (Å²) >= 11 is 0. The van der Waals surface area contributed by atoms with E-state index >= 15 is 0 Å². The summed E-state index contributed by atoms with van der Waals surface area (Å²) in [6.45, 7) is 2.34. The van der Waals surface area contributed by atoms with Crippen LogP contribution in [0.3, 0.4) is 0 Å². The first-order valence-electron chi connectivity index (χ1n) is 8.01. The molecule has 2 aromatic heterocycles. The molecule has 0 saturated carbocycles. The molecule has 26 heavy (non-hydrogen) atoms. The van der Waals surface area contributed by atoms with Gasteiger partial charge in [0.2, 0.25) is 5.89 Å². The van der Waals surface area contributed by atoms with Crippen molar-refractivity contribution in [1.82, 2.24) is 20.1 Å². The van der Waals surface area contributed by atoms with Gasteiger partial charge in [0, 0.05) is 6.20 Å².